The van der Waals surface area contributed by atoms with Crippen LogP contribution in [0.5, 0.6) is 11.5 Å². The van der Waals surface area contributed by atoms with Gasteiger partial charge in [0, 0.05) is 24.9 Å². The number of aromatic nitrogens is 1. The third-order valence-corrected chi connectivity index (χ3v) is 3.81. The summed E-state index contributed by atoms with van der Waals surface area (Å²) in [6.07, 6.45) is 3.36. The second-order valence-corrected chi connectivity index (χ2v) is 5.56. The van der Waals surface area contributed by atoms with E-state index in [0.29, 0.717) is 36.0 Å². The van der Waals surface area contributed by atoms with Gasteiger partial charge in [-0.2, -0.15) is 0 Å². The fourth-order valence-corrected chi connectivity index (χ4v) is 2.22. The largest absolute Gasteiger partial charge is 0.497 e. The van der Waals surface area contributed by atoms with E-state index in [1.807, 2.05) is 26.0 Å². The third kappa shape index (κ3) is 4.50. The van der Waals surface area contributed by atoms with Gasteiger partial charge in [-0.25, -0.2) is 4.98 Å². The second kappa shape index (κ2) is 8.38. The van der Waals surface area contributed by atoms with Crippen molar-refractivity contribution in [1.29, 1.82) is 0 Å². The average molecular weight is 332 g/mol. The first-order valence-electron chi connectivity index (χ1n) is 8.03. The van der Waals surface area contributed by atoms with E-state index in [-0.39, 0.29) is 11.9 Å². The van der Waals surface area contributed by atoms with E-state index in [2.05, 4.69) is 10.3 Å². The predicted octanol–water partition coefficient (Wildman–Crippen LogP) is 3.21. The van der Waals surface area contributed by atoms with E-state index in [1.165, 1.54) is 0 Å². The lowest BCUT2D eigenvalue weighted by molar-refractivity contribution is -0.121. The van der Waals surface area contributed by atoms with E-state index < -0.39 is 0 Å². The summed E-state index contributed by atoms with van der Waals surface area (Å²) in [5.41, 5.74) is 0.793. The molecule has 0 radical (unpaired) electrons. The summed E-state index contributed by atoms with van der Waals surface area (Å²) in [6.45, 7) is 4.02. The molecule has 0 saturated heterocycles. The van der Waals surface area contributed by atoms with Crippen LogP contribution < -0.4 is 14.8 Å². The summed E-state index contributed by atoms with van der Waals surface area (Å²) in [5, 5.41) is 2.93. The Balaban J connectivity index is 2.04. The van der Waals surface area contributed by atoms with Gasteiger partial charge >= 0.3 is 0 Å². The molecule has 2 aromatic rings. The molecule has 0 aliphatic rings. The van der Waals surface area contributed by atoms with Crippen molar-refractivity contribution >= 4 is 5.91 Å². The molecule has 0 aliphatic heterocycles. The SMILES string of the molecule is CC[C@@H](C)NC(=O)CCc1ncc(-c2ccc(OC)cc2OC)o1. The Labute approximate surface area is 142 Å². The van der Waals surface area contributed by atoms with Crippen LogP contribution in [0.2, 0.25) is 0 Å². The molecule has 1 aromatic heterocycles. The second-order valence-electron chi connectivity index (χ2n) is 5.56. The highest BCUT2D eigenvalue weighted by Gasteiger charge is 2.14. The minimum atomic E-state index is 0.00567. The van der Waals surface area contributed by atoms with Crippen molar-refractivity contribution < 1.29 is 18.7 Å². The zero-order valence-electron chi connectivity index (χ0n) is 14.6. The molecule has 1 N–H and O–H groups in total. The van der Waals surface area contributed by atoms with Crippen molar-refractivity contribution in [3.63, 3.8) is 0 Å². The fraction of sp³-hybridized carbons (Fsp3) is 0.444. The number of nitrogens with zero attached hydrogens (tertiary/aromatic N) is 1. The van der Waals surface area contributed by atoms with Crippen LogP contribution in [-0.2, 0) is 11.2 Å². The van der Waals surface area contributed by atoms with Crippen molar-refractivity contribution in [3.05, 3.63) is 30.3 Å². The van der Waals surface area contributed by atoms with Crippen LogP contribution in [0.1, 0.15) is 32.6 Å². The Bertz CT molecular complexity index is 681. The number of oxazole rings is 1. The maximum atomic E-state index is 11.8. The number of carbonyl (C=O) groups excluding carboxylic acids is 1. The highest BCUT2D eigenvalue weighted by atomic mass is 16.5. The van der Waals surface area contributed by atoms with Crippen LogP contribution in [0, 0.1) is 0 Å². The van der Waals surface area contributed by atoms with Gasteiger partial charge in [0.2, 0.25) is 5.91 Å². The standard InChI is InChI=1S/C18H24N2O4/c1-5-12(2)20-17(21)8-9-18-19-11-16(24-18)14-7-6-13(22-3)10-15(14)23-4/h6-7,10-12H,5,8-9H2,1-4H3,(H,20,21)/t12-/m1/s1. The number of hydrogen-bond donors (Lipinski definition) is 1. The van der Waals surface area contributed by atoms with E-state index in [4.69, 9.17) is 13.9 Å². The van der Waals surface area contributed by atoms with Gasteiger partial charge in [-0.1, -0.05) is 6.92 Å². The Morgan fingerprint density at radius 3 is 2.79 bits per heavy atom. The Morgan fingerprint density at radius 2 is 2.12 bits per heavy atom. The number of methoxy groups -OCH3 is 2. The molecule has 1 aromatic carbocycles. The molecule has 6 nitrogen and oxygen atoms in total. The molecule has 0 aliphatic carbocycles. The van der Waals surface area contributed by atoms with Crippen LogP contribution >= 0.6 is 0 Å². The topological polar surface area (TPSA) is 73.6 Å². The van der Waals surface area contributed by atoms with E-state index in [0.717, 1.165) is 12.0 Å². The number of hydrogen-bond acceptors (Lipinski definition) is 5. The minimum Gasteiger partial charge on any atom is -0.497 e. The zero-order valence-corrected chi connectivity index (χ0v) is 14.6. The van der Waals surface area contributed by atoms with Gasteiger partial charge in [-0.15, -0.1) is 0 Å². The molecule has 0 fully saturated rings. The lowest BCUT2D eigenvalue weighted by atomic mass is 10.1. The highest BCUT2D eigenvalue weighted by Crippen LogP contribution is 2.33. The molecule has 24 heavy (non-hydrogen) atoms. The highest BCUT2D eigenvalue weighted by molar-refractivity contribution is 5.76. The zero-order chi connectivity index (χ0) is 17.5. The van der Waals surface area contributed by atoms with Gasteiger partial charge in [0.05, 0.1) is 26.0 Å². The van der Waals surface area contributed by atoms with Crippen LogP contribution in [0.15, 0.2) is 28.8 Å². The Hall–Kier alpha value is -2.50. The summed E-state index contributed by atoms with van der Waals surface area (Å²) in [5.74, 6) is 2.49. The maximum Gasteiger partial charge on any atom is 0.220 e. The first kappa shape index (κ1) is 17.8. The molecule has 0 spiro atoms. The molecule has 2 rings (SSSR count). The number of aryl methyl sites for hydroxylation is 1. The van der Waals surface area contributed by atoms with Crippen LogP contribution in [-0.4, -0.2) is 31.2 Å². The van der Waals surface area contributed by atoms with Crippen molar-refractivity contribution in [2.45, 2.75) is 39.2 Å². The van der Waals surface area contributed by atoms with Crippen molar-refractivity contribution in [2.75, 3.05) is 14.2 Å². The first-order chi connectivity index (χ1) is 11.6. The molecular weight excluding hydrogens is 308 g/mol. The molecule has 1 heterocycles. The summed E-state index contributed by atoms with van der Waals surface area (Å²) in [6, 6.07) is 5.66. The number of benzene rings is 1. The Kier molecular flexibility index (Phi) is 6.23. The number of carbonyl (C=O) groups is 1. The first-order valence-corrected chi connectivity index (χ1v) is 8.03. The molecule has 1 atom stereocenters. The Morgan fingerprint density at radius 1 is 1.33 bits per heavy atom. The van der Waals surface area contributed by atoms with Gasteiger partial charge in [-0.05, 0) is 25.5 Å². The van der Waals surface area contributed by atoms with Gasteiger partial charge in [-0.3, -0.25) is 4.79 Å². The van der Waals surface area contributed by atoms with E-state index in [1.54, 1.807) is 26.5 Å². The average Bonchev–Trinajstić information content (AvgIpc) is 3.07. The van der Waals surface area contributed by atoms with Gasteiger partial charge in [0.25, 0.3) is 0 Å². The van der Waals surface area contributed by atoms with Gasteiger partial charge in [0.1, 0.15) is 11.5 Å². The molecular formula is C18H24N2O4. The summed E-state index contributed by atoms with van der Waals surface area (Å²) >= 11 is 0. The van der Waals surface area contributed by atoms with Crippen LogP contribution in [0.3, 0.4) is 0 Å². The smallest absolute Gasteiger partial charge is 0.220 e. The van der Waals surface area contributed by atoms with E-state index in [9.17, 15) is 4.79 Å². The lowest BCUT2D eigenvalue weighted by Crippen LogP contribution is -2.32. The number of ether oxygens (including phenoxy) is 2. The summed E-state index contributed by atoms with van der Waals surface area (Å²) in [4.78, 5) is 16.1. The maximum absolute atomic E-state index is 11.8. The van der Waals surface area contributed by atoms with Gasteiger partial charge in [0.15, 0.2) is 11.7 Å². The normalized spacial score (nSPS) is 11.8. The van der Waals surface area contributed by atoms with Gasteiger partial charge < -0.3 is 19.2 Å². The summed E-state index contributed by atoms with van der Waals surface area (Å²) in [7, 11) is 3.19. The van der Waals surface area contributed by atoms with Crippen LogP contribution in [0.4, 0.5) is 0 Å². The van der Waals surface area contributed by atoms with Crippen LogP contribution in [0.25, 0.3) is 11.3 Å². The molecule has 1 amide bonds. The molecule has 6 heteroatoms. The fourth-order valence-electron chi connectivity index (χ4n) is 2.22. The molecule has 130 valence electrons. The number of nitrogens with one attached hydrogen (secondary N) is 1. The van der Waals surface area contributed by atoms with E-state index >= 15 is 0 Å². The quantitative estimate of drug-likeness (QED) is 0.803. The predicted molar refractivity (Wildman–Crippen MR) is 91.3 cm³/mol. The van der Waals surface area contributed by atoms with Crippen molar-refractivity contribution in [1.82, 2.24) is 10.3 Å². The molecule has 0 bridgehead atoms. The molecule has 0 saturated carbocycles. The summed E-state index contributed by atoms with van der Waals surface area (Å²) < 4.78 is 16.3. The molecule has 0 unspecified atom stereocenters. The monoisotopic (exact) mass is 332 g/mol. The lowest BCUT2D eigenvalue weighted by Gasteiger charge is -2.10. The number of rotatable bonds is 8. The number of amides is 1. The minimum absolute atomic E-state index is 0.00567. The van der Waals surface area contributed by atoms with Crippen molar-refractivity contribution in [2.24, 2.45) is 0 Å². The third-order valence-electron chi connectivity index (χ3n) is 3.81. The van der Waals surface area contributed by atoms with Crippen molar-refractivity contribution in [3.8, 4) is 22.8 Å².